The Labute approximate surface area is 259 Å². The average Bonchev–Trinajstić information content (AvgIpc) is 3.63. The molecule has 12 nitrogen and oxygen atoms in total. The fourth-order valence-electron chi connectivity index (χ4n) is 5.24. The van der Waals surface area contributed by atoms with E-state index in [9.17, 15) is 25.4 Å². The SMILES string of the molecule is CO[C@@H]1[C@@H](n2cc(-c3ccc(Cl)c(Cl)c3)nn2)[C@@H](O)[C@@H](CO)O[C@H]1C(=O)N(c1cc(Br)cc(C#N)c1)[C@@H]1COC[C@H]1O. The number of hydrogen-bond acceptors (Lipinski definition) is 10. The second-order valence-electron chi connectivity index (χ2n) is 9.86. The fraction of sp³-hybridized carbons (Fsp3) is 0.407. The Bertz CT molecular complexity index is 1500. The van der Waals surface area contributed by atoms with Gasteiger partial charge in [-0.25, -0.2) is 4.68 Å². The van der Waals surface area contributed by atoms with Gasteiger partial charge in [-0.05, 0) is 30.3 Å². The number of methoxy groups -OCH3 is 1. The highest BCUT2D eigenvalue weighted by Crippen LogP contribution is 2.36. The van der Waals surface area contributed by atoms with E-state index in [1.165, 1.54) is 22.8 Å². The molecule has 1 amide bonds. The molecule has 2 aliphatic rings. The maximum absolute atomic E-state index is 14.4. The number of aliphatic hydroxyl groups excluding tert-OH is 3. The third kappa shape index (κ3) is 5.92. The van der Waals surface area contributed by atoms with E-state index in [-0.39, 0.29) is 18.8 Å². The number of amides is 1. The number of aromatic nitrogens is 3. The predicted octanol–water partition coefficient (Wildman–Crippen LogP) is 2.36. The zero-order chi connectivity index (χ0) is 30.1. The lowest BCUT2D eigenvalue weighted by Crippen LogP contribution is -2.63. The third-order valence-electron chi connectivity index (χ3n) is 7.29. The van der Waals surface area contributed by atoms with Gasteiger partial charge in [-0.15, -0.1) is 5.10 Å². The summed E-state index contributed by atoms with van der Waals surface area (Å²) in [5.41, 5.74) is 1.61. The molecule has 0 spiro atoms. The minimum Gasteiger partial charge on any atom is -0.394 e. The topological polar surface area (TPSA) is 163 Å². The van der Waals surface area contributed by atoms with Crippen molar-refractivity contribution in [1.82, 2.24) is 15.0 Å². The highest BCUT2D eigenvalue weighted by molar-refractivity contribution is 9.10. The van der Waals surface area contributed by atoms with Crippen LogP contribution in [0, 0.1) is 11.3 Å². The number of hydrogen-bond donors (Lipinski definition) is 3. The summed E-state index contributed by atoms with van der Waals surface area (Å²) < 4.78 is 19.1. The number of aliphatic hydroxyl groups is 3. The van der Waals surface area contributed by atoms with E-state index in [1.54, 1.807) is 36.5 Å². The molecule has 0 radical (unpaired) electrons. The highest BCUT2D eigenvalue weighted by atomic mass is 79.9. The summed E-state index contributed by atoms with van der Waals surface area (Å²) in [6.45, 7) is -0.585. The summed E-state index contributed by atoms with van der Waals surface area (Å²) >= 11 is 15.6. The Kier molecular flexibility index (Phi) is 9.48. The van der Waals surface area contributed by atoms with Crippen LogP contribution < -0.4 is 4.90 Å². The molecular formula is C27H26BrCl2N5O7. The van der Waals surface area contributed by atoms with Crippen LogP contribution in [-0.2, 0) is 19.0 Å². The normalized spacial score (nSPS) is 27.5. The third-order valence-corrected chi connectivity index (χ3v) is 8.49. The Hall–Kier alpha value is -2.64. The van der Waals surface area contributed by atoms with Crippen LogP contribution in [0.1, 0.15) is 11.6 Å². The van der Waals surface area contributed by atoms with Crippen LogP contribution in [0.15, 0.2) is 47.1 Å². The Balaban J connectivity index is 1.55. The summed E-state index contributed by atoms with van der Waals surface area (Å²) in [6.07, 6.45) is -4.52. The molecule has 222 valence electrons. The molecule has 0 saturated carbocycles. The summed E-state index contributed by atoms with van der Waals surface area (Å²) in [7, 11) is 1.36. The first-order valence-corrected chi connectivity index (χ1v) is 14.4. The standard InChI is InChI=1S/C27H26BrCl2N5O7/c1-40-25-23(34-9-19(32-33-34)14-2-3-17(29)18(30)6-14)24(38)22(10-36)42-26(25)27(39)35(20-11-41-12-21(20)37)16-5-13(8-31)4-15(28)7-16/h2-7,9,20-26,36-38H,10-12H2,1H3/t20-,21-,22-,23+,24+,25-,26-/m1/s1. The molecule has 0 aliphatic carbocycles. The predicted molar refractivity (Wildman–Crippen MR) is 154 cm³/mol. The Morgan fingerprint density at radius 3 is 2.67 bits per heavy atom. The monoisotopic (exact) mass is 681 g/mol. The molecule has 7 atom stereocenters. The van der Waals surface area contributed by atoms with Crippen molar-refractivity contribution in [2.75, 3.05) is 31.8 Å². The molecule has 0 bridgehead atoms. The first-order valence-electron chi connectivity index (χ1n) is 12.8. The van der Waals surface area contributed by atoms with Crippen LogP contribution in [0.5, 0.6) is 0 Å². The summed E-state index contributed by atoms with van der Waals surface area (Å²) in [4.78, 5) is 15.7. The molecule has 0 unspecified atom stereocenters. The second-order valence-corrected chi connectivity index (χ2v) is 11.6. The van der Waals surface area contributed by atoms with Crippen molar-refractivity contribution >= 4 is 50.7 Å². The molecule has 3 aromatic rings. The van der Waals surface area contributed by atoms with Crippen molar-refractivity contribution in [3.8, 4) is 17.3 Å². The van der Waals surface area contributed by atoms with Crippen LogP contribution in [0.4, 0.5) is 5.69 Å². The maximum atomic E-state index is 14.4. The molecule has 15 heteroatoms. The van der Waals surface area contributed by atoms with Crippen LogP contribution in [-0.4, -0.2) is 99.7 Å². The molecule has 2 fully saturated rings. The van der Waals surface area contributed by atoms with E-state index >= 15 is 0 Å². The molecular weight excluding hydrogens is 657 g/mol. The van der Waals surface area contributed by atoms with Gasteiger partial charge in [0.1, 0.15) is 36.2 Å². The number of carbonyl (C=O) groups excluding carboxylic acids is 1. The molecule has 3 heterocycles. The molecule has 42 heavy (non-hydrogen) atoms. The van der Waals surface area contributed by atoms with Crippen LogP contribution in [0.2, 0.25) is 10.0 Å². The number of benzene rings is 2. The van der Waals surface area contributed by atoms with E-state index in [1.807, 2.05) is 0 Å². The smallest absolute Gasteiger partial charge is 0.259 e. The van der Waals surface area contributed by atoms with Crippen molar-refractivity contribution in [3.05, 3.63) is 62.7 Å². The average molecular weight is 683 g/mol. The molecule has 2 saturated heterocycles. The number of nitrogens with zero attached hydrogens (tertiary/aromatic N) is 5. The summed E-state index contributed by atoms with van der Waals surface area (Å²) in [5.74, 6) is -0.640. The van der Waals surface area contributed by atoms with Crippen molar-refractivity contribution in [2.24, 2.45) is 0 Å². The van der Waals surface area contributed by atoms with Crippen molar-refractivity contribution < 1.29 is 34.3 Å². The number of ether oxygens (including phenoxy) is 3. The number of halogens is 3. The van der Waals surface area contributed by atoms with E-state index in [0.29, 0.717) is 31.5 Å². The zero-order valence-electron chi connectivity index (χ0n) is 22.0. The van der Waals surface area contributed by atoms with Gasteiger partial charge in [0.2, 0.25) is 0 Å². The zero-order valence-corrected chi connectivity index (χ0v) is 25.1. The van der Waals surface area contributed by atoms with Gasteiger partial charge in [-0.1, -0.05) is 50.4 Å². The molecule has 2 aliphatic heterocycles. The van der Waals surface area contributed by atoms with Gasteiger partial charge in [-0.3, -0.25) is 4.79 Å². The van der Waals surface area contributed by atoms with Gasteiger partial charge in [0.15, 0.2) is 6.10 Å². The summed E-state index contributed by atoms with van der Waals surface area (Å²) in [6, 6.07) is 9.89. The quantitative estimate of drug-likeness (QED) is 0.337. The number of rotatable bonds is 7. The van der Waals surface area contributed by atoms with Crippen molar-refractivity contribution in [2.45, 2.75) is 42.6 Å². The molecule has 1 aromatic heterocycles. The number of nitriles is 1. The minimum absolute atomic E-state index is 0.00381. The Morgan fingerprint density at radius 2 is 2.02 bits per heavy atom. The van der Waals surface area contributed by atoms with Crippen molar-refractivity contribution in [1.29, 1.82) is 5.26 Å². The van der Waals surface area contributed by atoms with Crippen LogP contribution in [0.3, 0.4) is 0 Å². The van der Waals surface area contributed by atoms with Gasteiger partial charge < -0.3 is 34.4 Å². The van der Waals surface area contributed by atoms with E-state index in [2.05, 4.69) is 32.3 Å². The van der Waals surface area contributed by atoms with Gasteiger partial charge in [0.25, 0.3) is 5.91 Å². The summed E-state index contributed by atoms with van der Waals surface area (Å²) in [5, 5.41) is 50.7. The number of anilines is 1. The van der Waals surface area contributed by atoms with Crippen LogP contribution >= 0.6 is 39.1 Å². The number of carbonyl (C=O) groups is 1. The molecule has 5 rings (SSSR count). The van der Waals surface area contributed by atoms with E-state index in [0.717, 1.165) is 0 Å². The minimum atomic E-state index is -1.38. The maximum Gasteiger partial charge on any atom is 0.259 e. The van der Waals surface area contributed by atoms with Gasteiger partial charge in [0.05, 0.1) is 53.7 Å². The van der Waals surface area contributed by atoms with Gasteiger partial charge in [0, 0.05) is 22.8 Å². The molecule has 2 aromatic carbocycles. The lowest BCUT2D eigenvalue weighted by Gasteiger charge is -2.45. The van der Waals surface area contributed by atoms with Gasteiger partial charge >= 0.3 is 0 Å². The first-order chi connectivity index (χ1) is 20.2. The Morgan fingerprint density at radius 1 is 1.24 bits per heavy atom. The fourth-order valence-corrected chi connectivity index (χ4v) is 6.02. The largest absolute Gasteiger partial charge is 0.394 e. The van der Waals surface area contributed by atoms with Gasteiger partial charge in [-0.2, -0.15) is 5.26 Å². The lowest BCUT2D eigenvalue weighted by molar-refractivity contribution is -0.211. The van der Waals surface area contributed by atoms with E-state index < -0.39 is 55.1 Å². The molecule has 3 N–H and O–H groups in total. The van der Waals surface area contributed by atoms with E-state index in [4.69, 9.17) is 37.4 Å². The first kappa shape index (κ1) is 30.8. The highest BCUT2D eigenvalue weighted by Gasteiger charge is 2.52. The van der Waals surface area contributed by atoms with Crippen molar-refractivity contribution in [3.63, 3.8) is 0 Å². The lowest BCUT2D eigenvalue weighted by atomic mass is 9.91. The second kappa shape index (κ2) is 12.9. The van der Waals surface area contributed by atoms with Crippen LogP contribution in [0.25, 0.3) is 11.3 Å².